The van der Waals surface area contributed by atoms with Gasteiger partial charge >= 0.3 is 0 Å². The Bertz CT molecular complexity index is 760. The van der Waals surface area contributed by atoms with Crippen molar-refractivity contribution in [3.63, 3.8) is 0 Å². The molecule has 1 aromatic heterocycles. The molecule has 0 aliphatic carbocycles. The largest absolute Gasteiger partial charge is 0.296 e. The van der Waals surface area contributed by atoms with Gasteiger partial charge in [-0.1, -0.05) is 24.3 Å². The smallest absolute Gasteiger partial charge is 0.267 e. The van der Waals surface area contributed by atoms with Crippen molar-refractivity contribution in [2.24, 2.45) is 0 Å². The van der Waals surface area contributed by atoms with E-state index in [4.69, 9.17) is 5.21 Å². The van der Waals surface area contributed by atoms with Crippen LogP contribution in [0.15, 0.2) is 30.3 Å². The van der Waals surface area contributed by atoms with E-state index in [9.17, 15) is 4.79 Å². The minimum absolute atomic E-state index is 0.446. The zero-order valence-electron chi connectivity index (χ0n) is 15.3. The number of H-pyrrole nitrogens is 1. The van der Waals surface area contributed by atoms with E-state index in [0.717, 1.165) is 30.8 Å². The molecule has 1 aliphatic heterocycles. The zero-order chi connectivity index (χ0) is 18.5. The van der Waals surface area contributed by atoms with Gasteiger partial charge in [0.25, 0.3) is 5.91 Å². The molecular formula is C20H26N4O2. The summed E-state index contributed by atoms with van der Waals surface area (Å²) in [7, 11) is 0. The first kappa shape index (κ1) is 18.4. The number of aryl methyl sites for hydroxylation is 2. The fraction of sp³-hybridized carbons (Fsp3) is 0.400. The van der Waals surface area contributed by atoms with Crippen molar-refractivity contribution < 1.29 is 10.0 Å². The average molecular weight is 354 g/mol. The number of nitrogens with zero attached hydrogens (tertiary/aromatic N) is 2. The molecule has 1 saturated heterocycles. The number of aromatic nitrogens is 2. The quantitative estimate of drug-likeness (QED) is 0.423. The van der Waals surface area contributed by atoms with Gasteiger partial charge in [0.1, 0.15) is 0 Å². The van der Waals surface area contributed by atoms with Gasteiger partial charge in [-0.05, 0) is 62.4 Å². The van der Waals surface area contributed by atoms with E-state index in [1.54, 1.807) is 11.6 Å². The van der Waals surface area contributed by atoms with E-state index in [0.29, 0.717) is 6.04 Å². The minimum atomic E-state index is -0.527. The monoisotopic (exact) mass is 354 g/mol. The fourth-order valence-electron chi connectivity index (χ4n) is 3.71. The lowest BCUT2D eigenvalue weighted by Gasteiger charge is -2.25. The molecule has 26 heavy (non-hydrogen) atoms. The molecule has 0 saturated carbocycles. The predicted octanol–water partition coefficient (Wildman–Crippen LogP) is 2.92. The molecule has 0 unspecified atom stereocenters. The highest BCUT2D eigenvalue weighted by Gasteiger charge is 2.25. The third-order valence-corrected chi connectivity index (χ3v) is 5.15. The summed E-state index contributed by atoms with van der Waals surface area (Å²) in [5, 5.41) is 15.9. The molecule has 1 atom stereocenters. The summed E-state index contributed by atoms with van der Waals surface area (Å²) in [6.07, 6.45) is 6.40. The van der Waals surface area contributed by atoms with E-state index in [2.05, 4.69) is 41.1 Å². The van der Waals surface area contributed by atoms with E-state index in [-0.39, 0.29) is 0 Å². The molecule has 3 rings (SSSR count). The number of benzene rings is 1. The molecule has 6 nitrogen and oxygen atoms in total. The SMILES string of the molecule is Cc1n[nH]c(C)c1CCN1CCC[C@H]1c1ccc(/C=C/C(=O)NO)cc1. The molecule has 1 aliphatic rings. The number of hydroxylamine groups is 1. The van der Waals surface area contributed by atoms with Gasteiger partial charge in [0, 0.05) is 24.4 Å². The van der Waals surface area contributed by atoms with Gasteiger partial charge < -0.3 is 0 Å². The van der Waals surface area contributed by atoms with E-state index >= 15 is 0 Å². The summed E-state index contributed by atoms with van der Waals surface area (Å²) in [5.41, 5.74) is 7.44. The Kier molecular flexibility index (Phi) is 5.85. The van der Waals surface area contributed by atoms with Gasteiger partial charge in [0.15, 0.2) is 0 Å². The van der Waals surface area contributed by atoms with Crippen LogP contribution >= 0.6 is 0 Å². The number of hydrogen-bond acceptors (Lipinski definition) is 4. The maximum atomic E-state index is 11.1. The number of nitrogens with one attached hydrogen (secondary N) is 2. The number of carbonyl (C=O) groups excluding carboxylic acids is 1. The van der Waals surface area contributed by atoms with E-state index in [1.807, 2.05) is 12.1 Å². The van der Waals surface area contributed by atoms with E-state index in [1.165, 1.54) is 35.7 Å². The van der Waals surface area contributed by atoms with Gasteiger partial charge in [-0.25, -0.2) is 5.48 Å². The van der Waals surface area contributed by atoms with Crippen LogP contribution in [-0.4, -0.2) is 39.3 Å². The van der Waals surface area contributed by atoms with Crippen molar-refractivity contribution >= 4 is 12.0 Å². The maximum absolute atomic E-state index is 11.1. The third-order valence-electron chi connectivity index (χ3n) is 5.15. The summed E-state index contributed by atoms with van der Waals surface area (Å²) in [5.74, 6) is -0.527. The zero-order valence-corrected chi connectivity index (χ0v) is 15.3. The molecule has 0 bridgehead atoms. The number of amides is 1. The topological polar surface area (TPSA) is 81.2 Å². The number of likely N-dealkylation sites (tertiary alicyclic amines) is 1. The first-order valence-corrected chi connectivity index (χ1v) is 9.05. The first-order chi connectivity index (χ1) is 12.6. The van der Waals surface area contributed by atoms with Crippen LogP contribution in [0.4, 0.5) is 0 Å². The van der Waals surface area contributed by atoms with Gasteiger partial charge in [0.2, 0.25) is 0 Å². The Balaban J connectivity index is 1.64. The summed E-state index contributed by atoms with van der Waals surface area (Å²) >= 11 is 0. The number of aromatic amines is 1. The lowest BCUT2D eigenvalue weighted by Crippen LogP contribution is -2.26. The lowest BCUT2D eigenvalue weighted by molar-refractivity contribution is -0.124. The summed E-state index contributed by atoms with van der Waals surface area (Å²) in [4.78, 5) is 13.6. The van der Waals surface area contributed by atoms with Crippen molar-refractivity contribution in [1.29, 1.82) is 0 Å². The molecule has 3 N–H and O–H groups in total. The van der Waals surface area contributed by atoms with Crippen LogP contribution < -0.4 is 5.48 Å². The molecule has 2 heterocycles. The molecule has 0 spiro atoms. The van der Waals surface area contributed by atoms with E-state index < -0.39 is 5.91 Å². The molecule has 0 radical (unpaired) electrons. The van der Waals surface area contributed by atoms with Crippen molar-refractivity contribution in [1.82, 2.24) is 20.6 Å². The van der Waals surface area contributed by atoms with Gasteiger partial charge in [0.05, 0.1) is 5.69 Å². The normalized spacial score (nSPS) is 17.9. The Morgan fingerprint density at radius 2 is 2.15 bits per heavy atom. The number of hydrogen-bond donors (Lipinski definition) is 3. The minimum Gasteiger partial charge on any atom is -0.296 e. The second kappa shape index (κ2) is 8.29. The second-order valence-electron chi connectivity index (χ2n) is 6.83. The van der Waals surface area contributed by atoms with Gasteiger partial charge in [-0.15, -0.1) is 0 Å². The van der Waals surface area contributed by atoms with Gasteiger partial charge in [-0.3, -0.25) is 20.0 Å². The standard InChI is InChI=1S/C20H26N4O2/c1-14-18(15(2)22-21-14)11-13-24-12-3-4-19(24)17-8-5-16(6-9-17)7-10-20(25)23-26/h5-10,19,26H,3-4,11-13H2,1-2H3,(H,21,22)(H,23,25)/b10-7+/t19-/m0/s1. The Labute approximate surface area is 153 Å². The molecule has 6 heteroatoms. The maximum Gasteiger partial charge on any atom is 0.267 e. The highest BCUT2D eigenvalue weighted by Crippen LogP contribution is 2.32. The Morgan fingerprint density at radius 3 is 2.81 bits per heavy atom. The van der Waals surface area contributed by atoms with Crippen LogP contribution in [0, 0.1) is 13.8 Å². The molecule has 2 aromatic rings. The van der Waals surface area contributed by atoms with Crippen molar-refractivity contribution in [3.8, 4) is 0 Å². The highest BCUT2D eigenvalue weighted by molar-refractivity contribution is 5.90. The average Bonchev–Trinajstić information content (AvgIpc) is 3.25. The second-order valence-corrected chi connectivity index (χ2v) is 6.83. The molecule has 1 fully saturated rings. The third kappa shape index (κ3) is 4.20. The van der Waals surface area contributed by atoms with Crippen LogP contribution in [-0.2, 0) is 11.2 Å². The number of carbonyl (C=O) groups is 1. The fourth-order valence-corrected chi connectivity index (χ4v) is 3.71. The highest BCUT2D eigenvalue weighted by atomic mass is 16.5. The van der Waals surface area contributed by atoms with Crippen molar-refractivity contribution in [2.75, 3.05) is 13.1 Å². The van der Waals surface area contributed by atoms with Crippen molar-refractivity contribution in [3.05, 3.63) is 58.4 Å². The van der Waals surface area contributed by atoms with Crippen LogP contribution in [0.25, 0.3) is 6.08 Å². The first-order valence-electron chi connectivity index (χ1n) is 9.05. The lowest BCUT2D eigenvalue weighted by atomic mass is 10.0. The Hall–Kier alpha value is -2.44. The van der Waals surface area contributed by atoms with Crippen LogP contribution in [0.3, 0.4) is 0 Å². The van der Waals surface area contributed by atoms with Crippen LogP contribution in [0.5, 0.6) is 0 Å². The molecular weight excluding hydrogens is 328 g/mol. The summed E-state index contributed by atoms with van der Waals surface area (Å²) < 4.78 is 0. The predicted molar refractivity (Wildman–Crippen MR) is 101 cm³/mol. The van der Waals surface area contributed by atoms with Crippen LogP contribution in [0.2, 0.25) is 0 Å². The Morgan fingerprint density at radius 1 is 1.38 bits per heavy atom. The number of rotatable bonds is 6. The summed E-state index contributed by atoms with van der Waals surface area (Å²) in [6.45, 7) is 6.30. The summed E-state index contributed by atoms with van der Waals surface area (Å²) in [6, 6.07) is 8.73. The molecule has 1 amide bonds. The molecule has 1 aromatic carbocycles. The van der Waals surface area contributed by atoms with Crippen LogP contribution in [0.1, 0.15) is 47.0 Å². The van der Waals surface area contributed by atoms with Crippen molar-refractivity contribution in [2.45, 2.75) is 39.2 Å². The van der Waals surface area contributed by atoms with Gasteiger partial charge in [-0.2, -0.15) is 5.10 Å². The molecule has 138 valence electrons.